The molecule has 0 N–H and O–H groups in total. The Labute approximate surface area is 151 Å². The number of aryl methyl sites for hydroxylation is 1. The number of hydrogen-bond acceptors (Lipinski definition) is 1. The molecule has 0 bridgehead atoms. The second-order valence-electron chi connectivity index (χ2n) is 8.29. The summed E-state index contributed by atoms with van der Waals surface area (Å²) in [5.41, 5.74) is 0.563. The lowest BCUT2D eigenvalue weighted by molar-refractivity contribution is 0.132. The molecule has 0 spiro atoms. The number of nitrogens with zero attached hydrogens (tertiary/aromatic N) is 1. The molecular weight excluding hydrogens is 316 g/mol. The average molecular weight is 350 g/mol. The number of halogens is 2. The van der Waals surface area contributed by atoms with E-state index in [1.807, 2.05) is 0 Å². The number of hydrogen-bond donors (Lipinski definition) is 0. The number of rotatable bonds is 7. The van der Waals surface area contributed by atoms with Gasteiger partial charge in [0.15, 0.2) is 0 Å². The van der Waals surface area contributed by atoms with E-state index in [2.05, 4.69) is 4.98 Å². The van der Waals surface area contributed by atoms with Gasteiger partial charge in [-0.1, -0.05) is 70.6 Å². The molecule has 1 aromatic rings. The Morgan fingerprint density at radius 3 is 2.00 bits per heavy atom. The Bertz CT molecular complexity index is 501. The van der Waals surface area contributed by atoms with Gasteiger partial charge in [-0.15, -0.1) is 0 Å². The fraction of sp³-hybridized carbons (Fsp3) is 0.773. The first-order valence-corrected chi connectivity index (χ1v) is 10.5. The van der Waals surface area contributed by atoms with Crippen molar-refractivity contribution in [3.05, 3.63) is 29.6 Å². The van der Waals surface area contributed by atoms with Gasteiger partial charge in [0.1, 0.15) is 0 Å². The molecule has 2 aliphatic rings. The van der Waals surface area contributed by atoms with E-state index in [4.69, 9.17) is 0 Å². The zero-order chi connectivity index (χ0) is 17.5. The summed E-state index contributed by atoms with van der Waals surface area (Å²) in [6.07, 6.45) is 18.4. The molecule has 140 valence electrons. The Balaban J connectivity index is 1.50. The molecule has 25 heavy (non-hydrogen) atoms. The molecule has 1 nitrogen and oxygen atoms in total. The highest BCUT2D eigenvalue weighted by Crippen LogP contribution is 2.42. The average Bonchev–Trinajstić information content (AvgIpc) is 2.65. The maximum atomic E-state index is 13.7. The van der Waals surface area contributed by atoms with Gasteiger partial charge in [-0.3, -0.25) is 0 Å². The maximum Gasteiger partial charge on any atom is 0.218 e. The molecule has 0 aliphatic heterocycles. The van der Waals surface area contributed by atoms with Gasteiger partial charge in [0.05, 0.1) is 0 Å². The lowest BCUT2D eigenvalue weighted by atomic mass is 9.68. The van der Waals surface area contributed by atoms with Crippen LogP contribution in [-0.4, -0.2) is 4.98 Å². The summed E-state index contributed by atoms with van der Waals surface area (Å²) in [5.74, 6) is 1.39. The molecule has 0 atom stereocenters. The van der Waals surface area contributed by atoms with Gasteiger partial charge in [-0.25, -0.2) is 0 Å². The molecule has 1 heterocycles. The molecule has 0 radical (unpaired) electrons. The van der Waals surface area contributed by atoms with Crippen molar-refractivity contribution in [3.63, 3.8) is 0 Å². The van der Waals surface area contributed by atoms with Crippen LogP contribution < -0.4 is 0 Å². The monoisotopic (exact) mass is 349 g/mol. The topological polar surface area (TPSA) is 12.9 Å². The third-order valence-corrected chi connectivity index (χ3v) is 6.64. The van der Waals surface area contributed by atoms with Gasteiger partial charge in [-0.05, 0) is 49.1 Å². The molecule has 2 fully saturated rings. The molecule has 3 rings (SSSR count). The maximum absolute atomic E-state index is 13.7. The summed E-state index contributed by atoms with van der Waals surface area (Å²) in [4.78, 5) is 3.30. The van der Waals surface area contributed by atoms with Gasteiger partial charge >= 0.3 is 0 Å². The fourth-order valence-corrected chi connectivity index (χ4v) is 5.30. The summed E-state index contributed by atoms with van der Waals surface area (Å²) < 4.78 is 26.6. The third kappa shape index (κ3) is 5.49. The zero-order valence-corrected chi connectivity index (χ0v) is 15.5. The van der Waals surface area contributed by atoms with Gasteiger partial charge in [0, 0.05) is 5.56 Å². The van der Waals surface area contributed by atoms with E-state index < -0.39 is 11.9 Å². The number of pyridine rings is 1. The zero-order valence-electron chi connectivity index (χ0n) is 15.5. The normalized spacial score (nSPS) is 20.3. The highest BCUT2D eigenvalue weighted by atomic mass is 19.1. The van der Waals surface area contributed by atoms with Crippen LogP contribution in [0.2, 0.25) is 0 Å². The van der Waals surface area contributed by atoms with Crippen molar-refractivity contribution in [1.82, 2.24) is 4.98 Å². The Morgan fingerprint density at radius 1 is 0.840 bits per heavy atom. The standard InChI is InChI=1S/C22H33F2N/c23-21-16-15-19(22(24)25-21)13-7-8-14-20(17-9-3-1-4-10-17)18-11-5-2-6-12-18/h15-18,20H,1-14H2. The first kappa shape index (κ1) is 18.8. The summed E-state index contributed by atoms with van der Waals surface area (Å²) >= 11 is 0. The van der Waals surface area contributed by atoms with Crippen molar-refractivity contribution in [3.8, 4) is 0 Å². The van der Waals surface area contributed by atoms with Crippen LogP contribution in [0.5, 0.6) is 0 Å². The molecule has 2 saturated carbocycles. The number of aromatic nitrogens is 1. The van der Waals surface area contributed by atoms with Crippen molar-refractivity contribution >= 4 is 0 Å². The molecule has 0 saturated heterocycles. The van der Waals surface area contributed by atoms with Crippen LogP contribution in [0.4, 0.5) is 8.78 Å². The van der Waals surface area contributed by atoms with E-state index in [1.165, 1.54) is 76.7 Å². The van der Waals surface area contributed by atoms with Crippen LogP contribution >= 0.6 is 0 Å². The van der Waals surface area contributed by atoms with Gasteiger partial charge in [0.2, 0.25) is 11.9 Å². The van der Waals surface area contributed by atoms with Crippen LogP contribution in [0.25, 0.3) is 0 Å². The Kier molecular flexibility index (Phi) is 7.24. The second-order valence-corrected chi connectivity index (χ2v) is 8.29. The quantitative estimate of drug-likeness (QED) is 0.387. The van der Waals surface area contributed by atoms with Crippen molar-refractivity contribution in [2.45, 2.75) is 89.9 Å². The summed E-state index contributed by atoms with van der Waals surface area (Å²) in [7, 11) is 0. The van der Waals surface area contributed by atoms with Crippen molar-refractivity contribution in [1.29, 1.82) is 0 Å². The lowest BCUT2D eigenvalue weighted by Gasteiger charge is -2.38. The Hall–Kier alpha value is -0.990. The van der Waals surface area contributed by atoms with Gasteiger partial charge < -0.3 is 0 Å². The number of unbranched alkanes of at least 4 members (excludes halogenated alkanes) is 1. The van der Waals surface area contributed by atoms with E-state index in [1.54, 1.807) is 6.07 Å². The van der Waals surface area contributed by atoms with Crippen LogP contribution in [0, 0.1) is 29.6 Å². The minimum absolute atomic E-state index is 0.563. The van der Waals surface area contributed by atoms with Crippen molar-refractivity contribution in [2.75, 3.05) is 0 Å². The van der Waals surface area contributed by atoms with Crippen LogP contribution in [0.1, 0.15) is 89.0 Å². The Morgan fingerprint density at radius 2 is 1.44 bits per heavy atom. The first-order chi connectivity index (χ1) is 12.2. The van der Waals surface area contributed by atoms with E-state index in [-0.39, 0.29) is 0 Å². The van der Waals surface area contributed by atoms with Crippen LogP contribution in [0.3, 0.4) is 0 Å². The molecule has 0 unspecified atom stereocenters. The van der Waals surface area contributed by atoms with E-state index in [9.17, 15) is 8.78 Å². The SMILES string of the molecule is Fc1ccc(CCCCC(C2CCCCC2)C2CCCCC2)c(F)n1. The van der Waals surface area contributed by atoms with Crippen molar-refractivity contribution < 1.29 is 8.78 Å². The molecule has 0 aromatic carbocycles. The van der Waals surface area contributed by atoms with E-state index >= 15 is 0 Å². The molecule has 1 aromatic heterocycles. The summed E-state index contributed by atoms with van der Waals surface area (Å²) in [6, 6.07) is 2.82. The predicted molar refractivity (Wildman–Crippen MR) is 98.3 cm³/mol. The van der Waals surface area contributed by atoms with Gasteiger partial charge in [0.25, 0.3) is 0 Å². The molecule has 2 aliphatic carbocycles. The fourth-order valence-electron chi connectivity index (χ4n) is 5.30. The smallest absolute Gasteiger partial charge is 0.190 e. The molecular formula is C22H33F2N. The van der Waals surface area contributed by atoms with Crippen LogP contribution in [-0.2, 0) is 6.42 Å². The van der Waals surface area contributed by atoms with Crippen LogP contribution in [0.15, 0.2) is 12.1 Å². The first-order valence-electron chi connectivity index (χ1n) is 10.5. The minimum Gasteiger partial charge on any atom is -0.190 e. The highest BCUT2D eigenvalue weighted by Gasteiger charge is 2.30. The second kappa shape index (κ2) is 9.64. The lowest BCUT2D eigenvalue weighted by Crippen LogP contribution is -2.27. The molecule has 3 heteroatoms. The predicted octanol–water partition coefficient (Wildman–Crippen LogP) is 6.85. The van der Waals surface area contributed by atoms with E-state index in [0.717, 1.165) is 30.6 Å². The minimum atomic E-state index is -0.726. The largest absolute Gasteiger partial charge is 0.218 e. The molecule has 0 amide bonds. The van der Waals surface area contributed by atoms with E-state index in [0.29, 0.717) is 12.0 Å². The highest BCUT2D eigenvalue weighted by molar-refractivity contribution is 5.11. The third-order valence-electron chi connectivity index (χ3n) is 6.64. The van der Waals surface area contributed by atoms with Gasteiger partial charge in [-0.2, -0.15) is 13.8 Å². The summed E-state index contributed by atoms with van der Waals surface area (Å²) in [5, 5.41) is 0. The van der Waals surface area contributed by atoms with Crippen molar-refractivity contribution in [2.24, 2.45) is 17.8 Å². The summed E-state index contributed by atoms with van der Waals surface area (Å²) in [6.45, 7) is 0.